The maximum absolute atomic E-state index is 13.9. The Labute approximate surface area is 199 Å². The number of hydrogen-bond donors (Lipinski definition) is 1. The molecule has 0 atom stereocenters. The van der Waals surface area contributed by atoms with E-state index in [0.717, 1.165) is 88.7 Å². The van der Waals surface area contributed by atoms with Crippen molar-refractivity contribution in [3.8, 4) is 0 Å². The predicted molar refractivity (Wildman–Crippen MR) is 133 cm³/mol. The molecule has 4 saturated carbocycles. The van der Waals surface area contributed by atoms with Gasteiger partial charge in [0.25, 0.3) is 0 Å². The monoisotopic (exact) mass is 457 g/mol. The minimum Gasteiger partial charge on any atom is -0.326 e. The van der Waals surface area contributed by atoms with E-state index in [1.54, 1.807) is 0 Å². The Morgan fingerprint density at radius 1 is 1.00 bits per heavy atom. The minimum absolute atomic E-state index is 0.169. The van der Waals surface area contributed by atoms with Crippen molar-refractivity contribution >= 4 is 45.6 Å². The smallest absolute Gasteiger partial charge is 0.230 e. The summed E-state index contributed by atoms with van der Waals surface area (Å²) in [5.41, 5.74) is 3.91. The van der Waals surface area contributed by atoms with Crippen LogP contribution in [0.25, 0.3) is 10.9 Å². The van der Waals surface area contributed by atoms with Gasteiger partial charge < -0.3 is 10.2 Å². The van der Waals surface area contributed by atoms with Gasteiger partial charge in [-0.05, 0) is 87.0 Å². The van der Waals surface area contributed by atoms with E-state index in [1.165, 1.54) is 19.3 Å². The van der Waals surface area contributed by atoms with E-state index in [-0.39, 0.29) is 11.3 Å². The van der Waals surface area contributed by atoms with Gasteiger partial charge in [0.2, 0.25) is 5.91 Å². The number of benzene rings is 2. The highest BCUT2D eigenvalue weighted by Gasteiger charge is 2.54. The standard InChI is InChI=1S/C28H28ClN3O/c29-20-4-3-5-21(13-20)32-9-8-23-25(22-6-1-2-7-24(22)30-26(23)32)31-27(33)28-14-17-10-18(15-28)12-19(11-17)16-28/h1-7,13,17-19H,8-12,14-16H2,(H,30,31,33). The van der Waals surface area contributed by atoms with Crippen LogP contribution in [-0.2, 0) is 11.2 Å². The zero-order valence-electron chi connectivity index (χ0n) is 18.7. The second-order valence-electron chi connectivity index (χ2n) is 10.8. The zero-order valence-corrected chi connectivity index (χ0v) is 19.4. The van der Waals surface area contributed by atoms with Gasteiger partial charge in [-0.1, -0.05) is 35.9 Å². The molecule has 4 fully saturated rings. The Bertz CT molecular complexity index is 1250. The lowest BCUT2D eigenvalue weighted by Gasteiger charge is -2.55. The summed E-state index contributed by atoms with van der Waals surface area (Å²) >= 11 is 6.29. The number of carbonyl (C=O) groups is 1. The molecule has 0 spiro atoms. The molecule has 168 valence electrons. The van der Waals surface area contributed by atoms with Crippen molar-refractivity contribution in [2.24, 2.45) is 23.2 Å². The summed E-state index contributed by atoms with van der Waals surface area (Å²) in [6.45, 7) is 0.833. The molecule has 5 aliphatic rings. The SMILES string of the molecule is O=C(Nc1c2c(nc3ccccc13)N(c1cccc(Cl)c1)CC2)C12CC3CC(CC(C3)C1)C2. The predicted octanol–water partition coefficient (Wildman–Crippen LogP) is 6.74. The molecule has 8 rings (SSSR count). The minimum atomic E-state index is -0.169. The number of aromatic nitrogens is 1. The van der Waals surface area contributed by atoms with Gasteiger partial charge in [0, 0.05) is 28.2 Å². The van der Waals surface area contributed by atoms with Crippen LogP contribution in [0.2, 0.25) is 5.02 Å². The third kappa shape index (κ3) is 3.10. The van der Waals surface area contributed by atoms with Crippen LogP contribution in [0.4, 0.5) is 17.2 Å². The van der Waals surface area contributed by atoms with E-state index in [1.807, 2.05) is 36.4 Å². The average Bonchev–Trinajstić information content (AvgIpc) is 3.22. The number of hydrogen-bond acceptors (Lipinski definition) is 3. The van der Waals surface area contributed by atoms with E-state index in [9.17, 15) is 4.79 Å². The molecule has 4 aliphatic carbocycles. The number of anilines is 3. The molecule has 5 heteroatoms. The van der Waals surface area contributed by atoms with Gasteiger partial charge in [-0.25, -0.2) is 4.98 Å². The van der Waals surface area contributed by atoms with E-state index >= 15 is 0 Å². The van der Waals surface area contributed by atoms with Gasteiger partial charge in [-0.2, -0.15) is 0 Å². The molecule has 1 aliphatic heterocycles. The molecule has 2 heterocycles. The first-order valence-corrected chi connectivity index (χ1v) is 12.7. The van der Waals surface area contributed by atoms with Crippen LogP contribution in [0.1, 0.15) is 44.1 Å². The summed E-state index contributed by atoms with van der Waals surface area (Å²) < 4.78 is 0. The van der Waals surface area contributed by atoms with Crippen LogP contribution < -0.4 is 10.2 Å². The fourth-order valence-corrected chi connectivity index (χ4v) is 7.89. The lowest BCUT2D eigenvalue weighted by atomic mass is 9.49. The maximum atomic E-state index is 13.9. The van der Waals surface area contributed by atoms with Gasteiger partial charge in [0.1, 0.15) is 5.82 Å². The maximum Gasteiger partial charge on any atom is 0.230 e. The summed E-state index contributed by atoms with van der Waals surface area (Å²) in [7, 11) is 0. The average molecular weight is 458 g/mol. The van der Waals surface area contributed by atoms with Crippen LogP contribution in [0.15, 0.2) is 48.5 Å². The molecule has 3 aromatic rings. The molecule has 1 aromatic heterocycles. The highest BCUT2D eigenvalue weighted by molar-refractivity contribution is 6.30. The Balaban J connectivity index is 1.30. The molecule has 0 unspecified atom stereocenters. The van der Waals surface area contributed by atoms with E-state index < -0.39 is 0 Å². The molecule has 1 amide bonds. The first-order valence-electron chi connectivity index (χ1n) is 12.3. The van der Waals surface area contributed by atoms with Gasteiger partial charge in [-0.15, -0.1) is 0 Å². The zero-order chi connectivity index (χ0) is 22.2. The second kappa shape index (κ2) is 7.20. The molecule has 33 heavy (non-hydrogen) atoms. The lowest BCUT2D eigenvalue weighted by molar-refractivity contribution is -0.140. The number of nitrogens with one attached hydrogen (secondary N) is 1. The van der Waals surface area contributed by atoms with Crippen molar-refractivity contribution in [3.05, 3.63) is 59.1 Å². The van der Waals surface area contributed by atoms with Crippen molar-refractivity contribution in [1.29, 1.82) is 0 Å². The third-order valence-corrected chi connectivity index (χ3v) is 8.93. The van der Waals surface area contributed by atoms with Crippen LogP contribution in [0, 0.1) is 23.2 Å². The molecule has 1 N–H and O–H groups in total. The number of halogens is 1. The fraction of sp³-hybridized carbons (Fsp3) is 0.429. The molecule has 2 aromatic carbocycles. The first kappa shape index (κ1) is 19.8. The topological polar surface area (TPSA) is 45.2 Å². The summed E-state index contributed by atoms with van der Waals surface area (Å²) in [5, 5.41) is 5.26. The highest BCUT2D eigenvalue weighted by atomic mass is 35.5. The normalized spacial score (nSPS) is 29.5. The van der Waals surface area contributed by atoms with Crippen LogP contribution in [0.5, 0.6) is 0 Å². The second-order valence-corrected chi connectivity index (χ2v) is 11.3. The first-order chi connectivity index (χ1) is 16.1. The summed E-state index contributed by atoms with van der Waals surface area (Å²) in [6, 6.07) is 16.1. The summed E-state index contributed by atoms with van der Waals surface area (Å²) in [4.78, 5) is 21.2. The number of fused-ring (bicyclic) bond motifs is 2. The molecule has 0 saturated heterocycles. The molecule has 4 nitrogen and oxygen atoms in total. The quantitative estimate of drug-likeness (QED) is 0.473. The van der Waals surface area contributed by atoms with Crippen LogP contribution >= 0.6 is 11.6 Å². The van der Waals surface area contributed by atoms with E-state index in [2.05, 4.69) is 22.3 Å². The Morgan fingerprint density at radius 3 is 2.45 bits per heavy atom. The van der Waals surface area contributed by atoms with Crippen molar-refractivity contribution in [2.75, 3.05) is 16.8 Å². The number of para-hydroxylation sites is 1. The third-order valence-electron chi connectivity index (χ3n) is 8.69. The molecule has 4 bridgehead atoms. The van der Waals surface area contributed by atoms with Gasteiger partial charge in [0.15, 0.2) is 0 Å². The Morgan fingerprint density at radius 2 is 1.73 bits per heavy atom. The largest absolute Gasteiger partial charge is 0.326 e. The van der Waals surface area contributed by atoms with Crippen molar-refractivity contribution in [2.45, 2.75) is 44.9 Å². The molecular weight excluding hydrogens is 430 g/mol. The van der Waals surface area contributed by atoms with Gasteiger partial charge in [0.05, 0.1) is 16.6 Å². The number of rotatable bonds is 3. The van der Waals surface area contributed by atoms with E-state index in [4.69, 9.17) is 16.6 Å². The van der Waals surface area contributed by atoms with Crippen molar-refractivity contribution in [1.82, 2.24) is 4.98 Å². The van der Waals surface area contributed by atoms with Crippen molar-refractivity contribution < 1.29 is 4.79 Å². The number of amides is 1. The number of nitrogens with zero attached hydrogens (tertiary/aromatic N) is 2. The van der Waals surface area contributed by atoms with Crippen LogP contribution in [-0.4, -0.2) is 17.4 Å². The van der Waals surface area contributed by atoms with Gasteiger partial charge >= 0.3 is 0 Å². The van der Waals surface area contributed by atoms with E-state index in [0.29, 0.717) is 0 Å². The molecular formula is C28H28ClN3O. The van der Waals surface area contributed by atoms with Crippen LogP contribution in [0.3, 0.4) is 0 Å². The number of carbonyl (C=O) groups excluding carboxylic acids is 1. The Hall–Kier alpha value is -2.59. The molecule has 0 radical (unpaired) electrons. The highest BCUT2D eigenvalue weighted by Crippen LogP contribution is 2.60. The van der Waals surface area contributed by atoms with Crippen molar-refractivity contribution in [3.63, 3.8) is 0 Å². The fourth-order valence-electron chi connectivity index (χ4n) is 7.70. The lowest BCUT2D eigenvalue weighted by Crippen LogP contribution is -2.51. The Kier molecular flexibility index (Phi) is 4.33. The summed E-state index contributed by atoms with van der Waals surface area (Å²) in [5.74, 6) is 3.44. The number of pyridine rings is 1. The van der Waals surface area contributed by atoms with Gasteiger partial charge in [-0.3, -0.25) is 4.79 Å². The summed E-state index contributed by atoms with van der Waals surface area (Å²) in [6.07, 6.45) is 8.11.